The summed E-state index contributed by atoms with van der Waals surface area (Å²) in [4.78, 5) is 32.1. The number of aromatic nitrogens is 1. The van der Waals surface area contributed by atoms with Crippen molar-refractivity contribution in [2.24, 2.45) is 4.99 Å². The van der Waals surface area contributed by atoms with Crippen molar-refractivity contribution in [2.75, 3.05) is 13.7 Å². The Bertz CT molecular complexity index is 1570. The molecule has 10 heteroatoms. The van der Waals surface area contributed by atoms with Gasteiger partial charge in [0, 0.05) is 5.02 Å². The van der Waals surface area contributed by atoms with Gasteiger partial charge in [0.15, 0.2) is 16.3 Å². The van der Waals surface area contributed by atoms with Crippen molar-refractivity contribution >= 4 is 50.9 Å². The Hall–Kier alpha value is -2.88. The normalized spacial score (nSPS) is 15.5. The van der Waals surface area contributed by atoms with Gasteiger partial charge in [-0.25, -0.2) is 9.79 Å². The third kappa shape index (κ3) is 5.39. The molecule has 0 fully saturated rings. The van der Waals surface area contributed by atoms with Gasteiger partial charge < -0.3 is 14.2 Å². The van der Waals surface area contributed by atoms with Gasteiger partial charge >= 0.3 is 5.97 Å². The van der Waals surface area contributed by atoms with Crippen LogP contribution in [0.25, 0.3) is 6.08 Å². The number of rotatable bonds is 7. The monoisotopic (exact) mass is 604 g/mol. The molecule has 1 unspecified atom stereocenters. The summed E-state index contributed by atoms with van der Waals surface area (Å²) < 4.78 is 19.4. The molecule has 0 spiro atoms. The summed E-state index contributed by atoms with van der Waals surface area (Å²) in [7, 11) is 1.57. The van der Waals surface area contributed by atoms with E-state index in [1.54, 1.807) is 52.2 Å². The van der Waals surface area contributed by atoms with Gasteiger partial charge in [-0.2, -0.15) is 0 Å². The van der Waals surface area contributed by atoms with Crippen LogP contribution in [0.15, 0.2) is 61.9 Å². The molecule has 0 bridgehead atoms. The predicted molar refractivity (Wildman–Crippen MR) is 148 cm³/mol. The van der Waals surface area contributed by atoms with Crippen LogP contribution in [0, 0.1) is 0 Å². The van der Waals surface area contributed by atoms with Crippen molar-refractivity contribution in [1.29, 1.82) is 0 Å². The SMILES string of the molecule is CCOc1cc(C=c2sc3n(c2=O)C(c2ccccc2Cl)C(C(=O)OC(C)C)=C(C)N=3)cc(Br)c1OC. The second-order valence-corrected chi connectivity index (χ2v) is 10.8. The summed E-state index contributed by atoms with van der Waals surface area (Å²) in [5.74, 6) is 0.598. The molecule has 0 saturated heterocycles. The van der Waals surface area contributed by atoms with Gasteiger partial charge in [-0.15, -0.1) is 0 Å². The van der Waals surface area contributed by atoms with Gasteiger partial charge in [-0.3, -0.25) is 9.36 Å². The molecule has 1 aliphatic rings. The average Bonchev–Trinajstić information content (AvgIpc) is 3.12. The van der Waals surface area contributed by atoms with Crippen LogP contribution in [0.2, 0.25) is 5.02 Å². The van der Waals surface area contributed by atoms with Crippen LogP contribution < -0.4 is 24.4 Å². The minimum atomic E-state index is -0.778. The maximum absolute atomic E-state index is 13.8. The van der Waals surface area contributed by atoms with Gasteiger partial charge in [0.2, 0.25) is 0 Å². The minimum Gasteiger partial charge on any atom is -0.492 e. The van der Waals surface area contributed by atoms with E-state index in [4.69, 9.17) is 25.8 Å². The number of hydrogen-bond donors (Lipinski definition) is 0. The van der Waals surface area contributed by atoms with E-state index in [0.717, 1.165) is 5.56 Å². The van der Waals surface area contributed by atoms with Gasteiger partial charge in [-0.1, -0.05) is 41.1 Å². The fraction of sp³-hybridized carbons (Fsp3) is 0.296. The highest BCUT2D eigenvalue weighted by molar-refractivity contribution is 9.10. The van der Waals surface area contributed by atoms with Crippen molar-refractivity contribution < 1.29 is 19.0 Å². The summed E-state index contributed by atoms with van der Waals surface area (Å²) in [5.41, 5.74) is 1.83. The Labute approximate surface area is 231 Å². The molecule has 0 amide bonds. The molecule has 3 aromatic rings. The quantitative estimate of drug-likeness (QED) is 0.354. The summed E-state index contributed by atoms with van der Waals surface area (Å²) in [6.45, 7) is 7.64. The molecular formula is C27H26BrClN2O5S. The van der Waals surface area contributed by atoms with Gasteiger partial charge in [0.1, 0.15) is 6.04 Å². The van der Waals surface area contributed by atoms with Crippen LogP contribution in [0.5, 0.6) is 11.5 Å². The lowest BCUT2D eigenvalue weighted by Crippen LogP contribution is -2.40. The number of allylic oxidation sites excluding steroid dienone is 1. The van der Waals surface area contributed by atoms with E-state index >= 15 is 0 Å². The Balaban J connectivity index is 1.95. The first kappa shape index (κ1) is 27.2. The van der Waals surface area contributed by atoms with E-state index in [-0.39, 0.29) is 17.2 Å². The molecule has 4 rings (SSSR count). The van der Waals surface area contributed by atoms with Crippen LogP contribution in [-0.2, 0) is 9.53 Å². The number of methoxy groups -OCH3 is 1. The Morgan fingerprint density at radius 2 is 2.03 bits per heavy atom. The number of carbonyl (C=O) groups is 1. The summed E-state index contributed by atoms with van der Waals surface area (Å²) in [6.07, 6.45) is 1.43. The van der Waals surface area contributed by atoms with E-state index in [2.05, 4.69) is 20.9 Å². The van der Waals surface area contributed by atoms with Crippen molar-refractivity contribution in [3.8, 4) is 11.5 Å². The number of hydrogen-bond acceptors (Lipinski definition) is 7. The first-order chi connectivity index (χ1) is 17.7. The molecular weight excluding hydrogens is 580 g/mol. The third-order valence-electron chi connectivity index (χ3n) is 5.62. The largest absolute Gasteiger partial charge is 0.492 e. The van der Waals surface area contributed by atoms with Crippen molar-refractivity contribution in [3.05, 3.63) is 88.0 Å². The lowest BCUT2D eigenvalue weighted by molar-refractivity contribution is -0.143. The highest BCUT2D eigenvalue weighted by atomic mass is 79.9. The van der Waals surface area contributed by atoms with Gasteiger partial charge in [0.05, 0.1) is 40.1 Å². The van der Waals surface area contributed by atoms with Crippen LogP contribution in [0.3, 0.4) is 0 Å². The fourth-order valence-corrected chi connectivity index (χ4v) is 6.04. The average molecular weight is 606 g/mol. The van der Waals surface area contributed by atoms with E-state index in [1.807, 2.05) is 25.1 Å². The number of ether oxygens (including phenoxy) is 3. The molecule has 1 aromatic heterocycles. The van der Waals surface area contributed by atoms with E-state index in [1.165, 1.54) is 15.9 Å². The lowest BCUT2D eigenvalue weighted by Gasteiger charge is -2.26. The number of thiazole rings is 1. The van der Waals surface area contributed by atoms with Gasteiger partial charge in [-0.05, 0) is 79.0 Å². The maximum Gasteiger partial charge on any atom is 0.338 e. The molecule has 0 N–H and O–H groups in total. The number of nitrogens with zero attached hydrogens (tertiary/aromatic N) is 2. The number of esters is 1. The summed E-state index contributed by atoms with van der Waals surface area (Å²) in [6, 6.07) is 10.0. The maximum atomic E-state index is 13.8. The lowest BCUT2D eigenvalue weighted by atomic mass is 9.96. The number of benzene rings is 2. The van der Waals surface area contributed by atoms with E-state index < -0.39 is 12.0 Å². The Morgan fingerprint density at radius 3 is 2.68 bits per heavy atom. The summed E-state index contributed by atoms with van der Waals surface area (Å²) in [5, 5.41) is 0.437. The van der Waals surface area contributed by atoms with Gasteiger partial charge in [0.25, 0.3) is 5.56 Å². The zero-order valence-corrected chi connectivity index (χ0v) is 24.2. The number of carbonyl (C=O) groups excluding carboxylic acids is 1. The molecule has 2 heterocycles. The second-order valence-electron chi connectivity index (χ2n) is 8.52. The third-order valence-corrected chi connectivity index (χ3v) is 7.53. The van der Waals surface area contributed by atoms with Crippen molar-refractivity contribution in [2.45, 2.75) is 39.8 Å². The molecule has 1 atom stereocenters. The molecule has 0 saturated carbocycles. The topological polar surface area (TPSA) is 79.1 Å². The number of halogens is 2. The zero-order chi connectivity index (χ0) is 26.9. The zero-order valence-electron chi connectivity index (χ0n) is 21.0. The number of fused-ring (bicyclic) bond motifs is 1. The van der Waals surface area contributed by atoms with Crippen LogP contribution in [0.1, 0.15) is 44.9 Å². The van der Waals surface area contributed by atoms with E-state index in [0.29, 0.717) is 48.2 Å². The molecule has 2 aromatic carbocycles. The standard InChI is InChI=1S/C27H26BrClN2O5S/c1-6-35-20-12-16(11-18(28)24(20)34-5)13-21-25(32)31-23(17-9-7-8-10-19(17)29)22(26(33)36-14(2)3)15(4)30-27(31)37-21/h7-14,23H,6H2,1-5H3. The fourth-order valence-electron chi connectivity index (χ4n) is 4.14. The van der Waals surface area contributed by atoms with Crippen molar-refractivity contribution in [1.82, 2.24) is 4.57 Å². The van der Waals surface area contributed by atoms with E-state index in [9.17, 15) is 9.59 Å². The molecule has 0 radical (unpaired) electrons. The summed E-state index contributed by atoms with van der Waals surface area (Å²) >= 11 is 11.3. The second kappa shape index (κ2) is 11.2. The van der Waals surface area contributed by atoms with Crippen LogP contribution >= 0.6 is 38.9 Å². The highest BCUT2D eigenvalue weighted by Crippen LogP contribution is 2.37. The first-order valence-corrected chi connectivity index (χ1v) is 13.6. The Morgan fingerprint density at radius 1 is 1.30 bits per heavy atom. The predicted octanol–water partition coefficient (Wildman–Crippen LogP) is 5.01. The smallest absolute Gasteiger partial charge is 0.338 e. The van der Waals surface area contributed by atoms with Crippen LogP contribution in [0.4, 0.5) is 0 Å². The Kier molecular flexibility index (Phi) is 8.26. The molecule has 37 heavy (non-hydrogen) atoms. The minimum absolute atomic E-state index is 0.284. The first-order valence-electron chi connectivity index (χ1n) is 11.6. The molecule has 194 valence electrons. The molecule has 1 aliphatic heterocycles. The molecule has 7 nitrogen and oxygen atoms in total. The van der Waals surface area contributed by atoms with Crippen LogP contribution in [-0.4, -0.2) is 30.4 Å². The molecule has 0 aliphatic carbocycles. The van der Waals surface area contributed by atoms with Crippen molar-refractivity contribution in [3.63, 3.8) is 0 Å². The highest BCUT2D eigenvalue weighted by Gasteiger charge is 2.34.